The van der Waals surface area contributed by atoms with Gasteiger partial charge in [-0.2, -0.15) is 5.01 Å². The van der Waals surface area contributed by atoms with Crippen LogP contribution >= 0.6 is 0 Å². The van der Waals surface area contributed by atoms with E-state index in [0.29, 0.717) is 34.3 Å². The lowest BCUT2D eigenvalue weighted by molar-refractivity contribution is 0.208. The van der Waals surface area contributed by atoms with Crippen LogP contribution in [0.1, 0.15) is 37.1 Å². The van der Waals surface area contributed by atoms with Crippen LogP contribution in [-0.2, 0) is 5.66 Å². The molecule has 0 saturated carbocycles. The summed E-state index contributed by atoms with van der Waals surface area (Å²) in [5.74, 6) is 0.665. The van der Waals surface area contributed by atoms with Gasteiger partial charge < -0.3 is 31.2 Å². The Labute approximate surface area is 248 Å². The summed E-state index contributed by atoms with van der Waals surface area (Å²) in [6.45, 7) is 3.80. The molecule has 224 valence electrons. The van der Waals surface area contributed by atoms with Crippen LogP contribution in [0.5, 0.6) is 11.5 Å². The highest BCUT2D eigenvalue weighted by Gasteiger charge is 2.62. The van der Waals surface area contributed by atoms with Crippen molar-refractivity contribution in [3.05, 3.63) is 95.8 Å². The Morgan fingerprint density at radius 2 is 1.86 bits per heavy atom. The highest BCUT2D eigenvalue weighted by Crippen LogP contribution is 2.53. The van der Waals surface area contributed by atoms with E-state index in [1.54, 1.807) is 42.7 Å². The molecular weight excluding hydrogens is 554 g/mol. The lowest BCUT2D eigenvalue weighted by Crippen LogP contribution is -2.41. The first-order chi connectivity index (χ1) is 20.9. The fourth-order valence-corrected chi connectivity index (χ4v) is 5.36. The molecule has 4 heterocycles. The molecule has 2 aliphatic rings. The van der Waals surface area contributed by atoms with Crippen LogP contribution in [0.15, 0.2) is 73.1 Å². The lowest BCUT2D eigenvalue weighted by atomic mass is 10.0. The predicted molar refractivity (Wildman–Crippen MR) is 161 cm³/mol. The van der Waals surface area contributed by atoms with E-state index in [9.17, 15) is 9.50 Å². The summed E-state index contributed by atoms with van der Waals surface area (Å²) in [5, 5.41) is 25.8. The maximum absolute atomic E-state index is 15.4. The number of aliphatic hydroxyl groups excluding tert-OH is 1. The molecule has 10 nitrogen and oxygen atoms in total. The van der Waals surface area contributed by atoms with Gasteiger partial charge in [0.25, 0.3) is 0 Å². The Morgan fingerprint density at radius 1 is 1.05 bits per heavy atom. The topological polar surface area (TPSA) is 118 Å². The SMILES string of the molecule is CCC(CCNC)NC12CN1Nc1nccc(Oc3ccc(Nc4ncccc4C(O)Nc4ccc(F)cc4)cc3F)c12. The number of aliphatic hydroxyl groups is 1. The first-order valence-electron chi connectivity index (χ1n) is 14.3. The normalized spacial score (nSPS) is 19.5. The number of nitrogens with zero attached hydrogens (tertiary/aromatic N) is 3. The molecule has 0 spiro atoms. The van der Waals surface area contributed by atoms with Crippen LogP contribution in [0.25, 0.3) is 0 Å². The summed E-state index contributed by atoms with van der Waals surface area (Å²) < 4.78 is 34.9. The zero-order chi connectivity index (χ0) is 30.0. The highest BCUT2D eigenvalue weighted by molar-refractivity contribution is 5.65. The molecule has 2 aliphatic heterocycles. The average molecular weight is 589 g/mol. The third-order valence-electron chi connectivity index (χ3n) is 7.69. The number of nitrogens with one attached hydrogen (secondary N) is 5. The highest BCUT2D eigenvalue weighted by atomic mass is 19.1. The molecule has 6 rings (SSSR count). The third-order valence-corrected chi connectivity index (χ3v) is 7.69. The van der Waals surface area contributed by atoms with Gasteiger partial charge in [0.2, 0.25) is 0 Å². The van der Waals surface area contributed by atoms with Crippen molar-refractivity contribution in [1.82, 2.24) is 25.6 Å². The zero-order valence-corrected chi connectivity index (χ0v) is 23.9. The number of hydrogen-bond donors (Lipinski definition) is 6. The number of fused-ring (bicyclic) bond motifs is 3. The maximum atomic E-state index is 15.4. The maximum Gasteiger partial charge on any atom is 0.167 e. The molecule has 4 aromatic rings. The van der Waals surface area contributed by atoms with Crippen molar-refractivity contribution < 1.29 is 18.6 Å². The fraction of sp³-hybridized carbons (Fsp3) is 0.290. The van der Waals surface area contributed by atoms with Crippen LogP contribution in [0.4, 0.5) is 31.8 Å². The number of ether oxygens (including phenoxy) is 1. The molecule has 0 radical (unpaired) electrons. The summed E-state index contributed by atoms with van der Waals surface area (Å²) in [6.07, 6.45) is 3.99. The minimum atomic E-state index is -1.15. The van der Waals surface area contributed by atoms with Crippen LogP contribution in [0.2, 0.25) is 0 Å². The van der Waals surface area contributed by atoms with E-state index in [2.05, 4.69) is 48.6 Å². The molecule has 12 heteroatoms. The Hall–Kier alpha value is -4.36. The van der Waals surface area contributed by atoms with Crippen molar-refractivity contribution >= 4 is 23.0 Å². The van der Waals surface area contributed by atoms with Crippen molar-refractivity contribution in [3.8, 4) is 11.5 Å². The van der Waals surface area contributed by atoms with Crippen molar-refractivity contribution in [1.29, 1.82) is 0 Å². The van der Waals surface area contributed by atoms with Gasteiger partial charge in [0.1, 0.15) is 23.0 Å². The third kappa shape index (κ3) is 5.95. The monoisotopic (exact) mass is 588 g/mol. The molecule has 0 amide bonds. The minimum Gasteiger partial charge on any atom is -0.454 e. The fourth-order valence-electron chi connectivity index (χ4n) is 5.36. The van der Waals surface area contributed by atoms with E-state index in [4.69, 9.17) is 4.74 Å². The first-order valence-corrected chi connectivity index (χ1v) is 14.3. The zero-order valence-electron chi connectivity index (χ0n) is 23.9. The lowest BCUT2D eigenvalue weighted by Gasteiger charge is -2.24. The van der Waals surface area contributed by atoms with E-state index in [1.165, 1.54) is 30.3 Å². The van der Waals surface area contributed by atoms with Gasteiger partial charge in [0.05, 0.1) is 12.1 Å². The van der Waals surface area contributed by atoms with Gasteiger partial charge in [-0.05, 0) is 81.0 Å². The van der Waals surface area contributed by atoms with Gasteiger partial charge in [-0.15, -0.1) is 0 Å². The molecule has 1 fully saturated rings. The molecule has 2 aromatic heterocycles. The summed E-state index contributed by atoms with van der Waals surface area (Å²) in [4.78, 5) is 8.81. The van der Waals surface area contributed by atoms with E-state index in [1.807, 2.05) is 7.05 Å². The number of pyridine rings is 2. The Bertz CT molecular complexity index is 1590. The van der Waals surface area contributed by atoms with Crippen LogP contribution < -0.4 is 31.4 Å². The van der Waals surface area contributed by atoms with E-state index >= 15 is 4.39 Å². The quantitative estimate of drug-likeness (QED) is 0.0921. The van der Waals surface area contributed by atoms with Crippen molar-refractivity contribution in [2.75, 3.05) is 36.2 Å². The second-order valence-electron chi connectivity index (χ2n) is 10.6. The molecule has 4 atom stereocenters. The molecule has 1 saturated heterocycles. The first kappa shape index (κ1) is 28.7. The molecule has 4 unspecified atom stereocenters. The van der Waals surface area contributed by atoms with Crippen LogP contribution in [-0.4, -0.2) is 46.3 Å². The van der Waals surface area contributed by atoms with Gasteiger partial charge in [-0.3, -0.25) is 5.32 Å². The Kier molecular flexibility index (Phi) is 8.08. The predicted octanol–water partition coefficient (Wildman–Crippen LogP) is 5.18. The number of hydrazine groups is 1. The second-order valence-corrected chi connectivity index (χ2v) is 10.6. The number of hydrogen-bond acceptors (Lipinski definition) is 10. The number of aromatic nitrogens is 2. The Balaban J connectivity index is 1.19. The van der Waals surface area contributed by atoms with Gasteiger partial charge >= 0.3 is 0 Å². The number of benzene rings is 2. The summed E-state index contributed by atoms with van der Waals surface area (Å²) in [7, 11) is 1.94. The molecule has 0 bridgehead atoms. The summed E-state index contributed by atoms with van der Waals surface area (Å²) >= 11 is 0. The number of rotatable bonds is 13. The van der Waals surface area contributed by atoms with Crippen molar-refractivity contribution in [3.63, 3.8) is 0 Å². The van der Waals surface area contributed by atoms with Gasteiger partial charge in [0.15, 0.2) is 23.6 Å². The molecule has 43 heavy (non-hydrogen) atoms. The smallest absolute Gasteiger partial charge is 0.167 e. The van der Waals surface area contributed by atoms with Gasteiger partial charge in [-0.1, -0.05) is 6.92 Å². The van der Waals surface area contributed by atoms with E-state index in [-0.39, 0.29) is 17.6 Å². The molecular formula is C31H34F2N8O2. The molecule has 0 aliphatic carbocycles. The minimum absolute atomic E-state index is 0.0645. The summed E-state index contributed by atoms with van der Waals surface area (Å²) in [5.41, 5.74) is 5.10. The largest absolute Gasteiger partial charge is 0.454 e. The average Bonchev–Trinajstić information content (AvgIpc) is 3.60. The second kappa shape index (κ2) is 12.1. The van der Waals surface area contributed by atoms with Gasteiger partial charge in [-0.25, -0.2) is 18.7 Å². The van der Waals surface area contributed by atoms with Crippen molar-refractivity contribution in [2.24, 2.45) is 0 Å². The Morgan fingerprint density at radius 3 is 2.63 bits per heavy atom. The molecule has 2 aromatic carbocycles. The number of halogens is 2. The van der Waals surface area contributed by atoms with Crippen molar-refractivity contribution in [2.45, 2.75) is 37.7 Å². The van der Waals surface area contributed by atoms with Crippen LogP contribution in [0.3, 0.4) is 0 Å². The van der Waals surface area contributed by atoms with E-state index in [0.717, 1.165) is 31.5 Å². The standard InChI is InChI=1S/C31H34F2N8O2/c1-3-20(12-15-34-2)39-31-18-41(31)40-29-27(31)26(13-16-36-29)43-25-11-10-22(17-24(25)33)37-28-23(5-4-14-35-28)30(42)38-21-8-6-19(32)7-9-21/h4-11,13-14,16-17,20,30,34,38-39,42H,3,12,15,18H2,1-2H3,(H,35,37)(H,36,40). The summed E-state index contributed by atoms with van der Waals surface area (Å²) in [6, 6.07) is 15.6. The van der Waals surface area contributed by atoms with E-state index < -0.39 is 17.7 Å². The van der Waals surface area contributed by atoms with Gasteiger partial charge in [0, 0.05) is 41.4 Å². The van der Waals surface area contributed by atoms with Crippen LogP contribution in [0, 0.1) is 11.6 Å². The molecule has 6 N–H and O–H groups in total. The number of anilines is 4.